The number of alkyl halides is 9. The second kappa shape index (κ2) is 24.5. The van der Waals surface area contributed by atoms with Crippen LogP contribution in [-0.4, -0.2) is 79.8 Å². The third-order valence-corrected chi connectivity index (χ3v) is 22.2. The molecule has 30 heteroatoms. The van der Waals surface area contributed by atoms with Crippen LogP contribution >= 0.6 is 22.7 Å². The topological polar surface area (TPSA) is 207 Å². The molecular weight excluding hydrogens is 1340 g/mol. The number of aromatic nitrogens is 4. The van der Waals surface area contributed by atoms with Crippen molar-refractivity contribution in [2.24, 2.45) is 0 Å². The van der Waals surface area contributed by atoms with Crippen LogP contribution in [0.5, 0.6) is 5.75 Å². The number of nitrogens with one attached hydrogen (secondary N) is 1. The van der Waals surface area contributed by atoms with E-state index >= 15 is 26.3 Å². The maximum atomic E-state index is 15.9. The highest BCUT2D eigenvalue weighted by molar-refractivity contribution is 8.05. The molecule has 8 aromatic carbocycles. The number of sulfonamides is 2. The Labute approximate surface area is 543 Å². The molecule has 12 aromatic rings. The highest BCUT2D eigenvalue weighted by atomic mass is 32.3. The summed E-state index contributed by atoms with van der Waals surface area (Å²) < 4.78 is 216. The minimum absolute atomic E-state index is 0.0217. The number of thiazole rings is 2. The minimum Gasteiger partial charge on any atom is -0.378 e. The summed E-state index contributed by atoms with van der Waals surface area (Å²) in [6.45, 7) is -0.0541. The molecule has 0 amide bonds. The molecule has 95 heavy (non-hydrogen) atoms. The van der Waals surface area contributed by atoms with Gasteiger partial charge in [0.05, 0.1) is 31.1 Å². The SMILES string of the molecule is Cc1ccccc1-c1c2/c(=C(\C#N)c3nc4ccccc4s3)n(B(c3ccccc3)c3ccccc3)c(-c3ccc(OS(=O)(=O)C(F)(F)C(F)(F)C(F)(F)S(=O)(=O)NS(=O)(=O)C(F)(F)F)cc3)c2/c(=C(\C#N)c2nc3ccccc3s2)n1B(c1ccccc1)c1ccccc1. The Kier molecular flexibility index (Phi) is 16.8. The summed E-state index contributed by atoms with van der Waals surface area (Å²) in [5, 5.41) is 10.7. The number of benzene rings is 8. The van der Waals surface area contributed by atoms with Gasteiger partial charge in [-0.05, 0) is 66.6 Å². The van der Waals surface area contributed by atoms with Crippen molar-refractivity contribution in [2.75, 3.05) is 0 Å². The van der Waals surface area contributed by atoms with E-state index in [2.05, 4.69) is 16.3 Å². The van der Waals surface area contributed by atoms with E-state index in [1.165, 1.54) is 22.7 Å². The highest BCUT2D eigenvalue weighted by Gasteiger charge is 2.83. The molecule has 0 aliphatic rings. The second-order valence-electron chi connectivity index (χ2n) is 21.3. The van der Waals surface area contributed by atoms with Gasteiger partial charge in [0.1, 0.15) is 39.0 Å². The molecule has 1 N–H and O–H groups in total. The van der Waals surface area contributed by atoms with Gasteiger partial charge >= 0.3 is 55.8 Å². The number of hydrogen-bond donors (Lipinski definition) is 1. The lowest BCUT2D eigenvalue weighted by Gasteiger charge is -2.31. The first-order chi connectivity index (χ1) is 45.1. The number of rotatable bonds is 18. The lowest BCUT2D eigenvalue weighted by Crippen LogP contribution is -2.64. The normalized spacial score (nSPS) is 13.3. The molecule has 0 spiro atoms. The zero-order valence-corrected chi connectivity index (χ0v) is 52.5. The monoisotopic (exact) mass is 1380 g/mol. The molecule has 14 nitrogen and oxygen atoms in total. The maximum absolute atomic E-state index is 15.9. The van der Waals surface area contributed by atoms with Crippen molar-refractivity contribution in [1.29, 1.82) is 10.5 Å². The molecule has 4 heterocycles. The smallest absolute Gasteiger partial charge is 0.378 e. The lowest BCUT2D eigenvalue weighted by molar-refractivity contribution is -0.245. The number of hydrogen-bond acceptors (Lipinski definition) is 13. The van der Waals surface area contributed by atoms with Gasteiger partial charge in [0.2, 0.25) is 0 Å². The van der Waals surface area contributed by atoms with Crippen LogP contribution in [0.25, 0.3) is 64.9 Å². The average molecular weight is 1380 g/mol. The average Bonchev–Trinajstić information content (AvgIpc) is 1.52. The standard InChI is InChI=1S/C65H40B2F9N7O7S5/c1-40-20-14-15-29-47(40)57-55-54(58(48(38-77)60-79-50-30-16-18-32-52(50)91-60)83(57)67(44-25-10-4-11-26-44)45-27-12-5-13-28-45)56(41-34-36-46(37-35-41)90-95(88,89)64(72,73)62(68,69)63(70,71)93(84,85)81-94(86,87)65(74,75)76)82(66(42-21-6-2-7-22-42)43-23-8-3-9-24-43)59(55)49(39-78)61-80-51-31-17-19-33-53(51)92-61/h2-37,81H,1H3/b58-48-,59-49-. The number of nitriles is 2. The van der Waals surface area contributed by atoms with E-state index in [1.807, 2.05) is 137 Å². The zero-order valence-electron chi connectivity index (χ0n) is 48.4. The molecule has 0 saturated carbocycles. The fourth-order valence-corrected chi connectivity index (χ4v) is 16.6. The van der Waals surface area contributed by atoms with E-state index < -0.39 is 75.7 Å². The van der Waals surface area contributed by atoms with Gasteiger partial charge in [0.25, 0.3) is 10.0 Å². The van der Waals surface area contributed by atoms with Crippen LogP contribution in [-0.2, 0) is 30.2 Å². The zero-order chi connectivity index (χ0) is 67.6. The number of aryl methyl sites for hydroxylation is 1. The quantitative estimate of drug-likeness (QED) is 0.0486. The van der Waals surface area contributed by atoms with Crippen LogP contribution < -0.4 is 40.9 Å². The molecule has 0 aliphatic heterocycles. The molecule has 0 bridgehead atoms. The number of fused-ring (bicyclic) bond motifs is 3. The Morgan fingerprint density at radius 1 is 0.484 bits per heavy atom. The van der Waals surface area contributed by atoms with Crippen molar-refractivity contribution in [1.82, 2.24) is 23.1 Å². The van der Waals surface area contributed by atoms with E-state index in [9.17, 15) is 48.9 Å². The van der Waals surface area contributed by atoms with Crippen molar-refractivity contribution in [2.45, 2.75) is 28.9 Å². The van der Waals surface area contributed by atoms with E-state index in [4.69, 9.17) is 9.97 Å². The van der Waals surface area contributed by atoms with Crippen molar-refractivity contribution >= 4 is 131 Å². The van der Waals surface area contributed by atoms with Crippen LogP contribution in [0.3, 0.4) is 0 Å². The van der Waals surface area contributed by atoms with Crippen LogP contribution in [0.4, 0.5) is 39.5 Å². The highest BCUT2D eigenvalue weighted by Crippen LogP contribution is 2.52. The minimum atomic E-state index is -8.10. The summed E-state index contributed by atoms with van der Waals surface area (Å²) in [7, 11) is -23.3. The molecule has 12 rings (SSSR count). The fraction of sp³-hybridized carbons (Fsp3) is 0.0769. The van der Waals surface area contributed by atoms with E-state index in [0.717, 1.165) is 12.1 Å². The first-order valence-corrected chi connectivity index (χ1v) is 34.0. The predicted molar refractivity (Wildman–Crippen MR) is 348 cm³/mol. The third-order valence-electron chi connectivity index (χ3n) is 15.5. The third kappa shape index (κ3) is 11.2. The van der Waals surface area contributed by atoms with E-state index in [1.54, 1.807) is 72.8 Å². The van der Waals surface area contributed by atoms with Gasteiger partial charge < -0.3 is 13.1 Å². The van der Waals surface area contributed by atoms with Crippen LogP contribution in [0.1, 0.15) is 15.6 Å². The fourth-order valence-electron chi connectivity index (χ4n) is 11.3. The molecule has 0 atom stereocenters. The molecule has 0 unspecified atom stereocenters. The molecular formula is C65H40B2F9N7O7S5. The first-order valence-electron chi connectivity index (χ1n) is 28.0. The van der Waals surface area contributed by atoms with Crippen molar-refractivity contribution < 1.29 is 69.0 Å². The lowest BCUT2D eigenvalue weighted by atomic mass is 9.50. The van der Waals surface area contributed by atoms with Gasteiger partial charge in [0, 0.05) is 27.7 Å². The predicted octanol–water partition coefficient (Wildman–Crippen LogP) is 10.4. The Hall–Kier alpha value is -9.81. The number of halogens is 9. The van der Waals surface area contributed by atoms with E-state index in [0.29, 0.717) is 76.6 Å². The van der Waals surface area contributed by atoms with E-state index in [-0.39, 0.29) is 48.5 Å². The summed E-state index contributed by atoms with van der Waals surface area (Å²) in [5.74, 6) is -9.11. The molecule has 0 fully saturated rings. The van der Waals surface area contributed by atoms with Crippen LogP contribution in [0.15, 0.2) is 218 Å². The Morgan fingerprint density at radius 3 is 1.26 bits per heavy atom. The largest absolute Gasteiger partial charge is 0.512 e. The molecule has 4 aromatic heterocycles. The van der Waals surface area contributed by atoms with Gasteiger partial charge in [-0.3, -0.25) is 0 Å². The first kappa shape index (κ1) is 65.3. The maximum Gasteiger partial charge on any atom is 0.512 e. The van der Waals surface area contributed by atoms with Gasteiger partial charge in [0.15, 0.2) is 0 Å². The Bertz CT molecular complexity index is 5340. The van der Waals surface area contributed by atoms with Gasteiger partial charge in [-0.25, -0.2) is 26.8 Å². The van der Waals surface area contributed by atoms with Gasteiger partial charge in [-0.1, -0.05) is 196 Å². The summed E-state index contributed by atoms with van der Waals surface area (Å²) >= 11 is 2.39. The molecule has 0 saturated heterocycles. The summed E-state index contributed by atoms with van der Waals surface area (Å²) in [6.07, 6.45) is 0. The molecule has 0 radical (unpaired) electrons. The van der Waals surface area contributed by atoms with Crippen molar-refractivity contribution in [3.05, 3.63) is 245 Å². The van der Waals surface area contributed by atoms with Crippen molar-refractivity contribution in [3.63, 3.8) is 0 Å². The summed E-state index contributed by atoms with van der Waals surface area (Å²) in [5.41, 5.74) is -1.49. The summed E-state index contributed by atoms with van der Waals surface area (Å²) in [6, 6.07) is 66.7. The van der Waals surface area contributed by atoms with Gasteiger partial charge in [-0.15, -0.1) is 22.7 Å². The Morgan fingerprint density at radius 2 is 0.863 bits per heavy atom. The molecule has 476 valence electrons. The number of nitrogens with zero attached hydrogens (tertiary/aromatic N) is 6. The van der Waals surface area contributed by atoms with Crippen molar-refractivity contribution in [3.8, 4) is 40.4 Å². The van der Waals surface area contributed by atoms with Crippen LogP contribution in [0, 0.1) is 29.6 Å². The molecule has 0 aliphatic carbocycles. The Balaban J connectivity index is 1.27. The van der Waals surface area contributed by atoms with Gasteiger partial charge in [-0.2, -0.15) is 58.5 Å². The second-order valence-corrected chi connectivity index (χ2v) is 28.6. The summed E-state index contributed by atoms with van der Waals surface area (Å²) in [4.78, 5) is 10.1. The number of para-hydroxylation sites is 2. The van der Waals surface area contributed by atoms with Crippen LogP contribution in [0.2, 0.25) is 0 Å².